The smallest absolute Gasteiger partial charge is 0.315 e. The van der Waals surface area contributed by atoms with E-state index < -0.39 is 0 Å². The molecule has 0 aliphatic carbocycles. The molecule has 1 aliphatic heterocycles. The number of hydrogen-bond donors (Lipinski definition) is 2. The average molecular weight is 416 g/mol. The van der Waals surface area contributed by atoms with Crippen LogP contribution < -0.4 is 20.3 Å². The van der Waals surface area contributed by atoms with Crippen LogP contribution in [0.15, 0.2) is 42.5 Å². The zero-order valence-corrected chi connectivity index (χ0v) is 17.8. The summed E-state index contributed by atoms with van der Waals surface area (Å²) < 4.78 is 25.5. The number of nitrogens with one attached hydrogen (secondary N) is 2. The third-order valence-electron chi connectivity index (χ3n) is 5.08. The summed E-state index contributed by atoms with van der Waals surface area (Å²) in [5.41, 5.74) is 2.40. The Balaban J connectivity index is 1.44. The lowest BCUT2D eigenvalue weighted by molar-refractivity contribution is -0.00539. The van der Waals surface area contributed by atoms with E-state index in [1.54, 1.807) is 13.2 Å². The summed E-state index contributed by atoms with van der Waals surface area (Å²) in [6.07, 6.45) is 0.851. The lowest BCUT2D eigenvalue weighted by Gasteiger charge is -2.37. The third kappa shape index (κ3) is 6.10. The van der Waals surface area contributed by atoms with E-state index in [4.69, 9.17) is 9.47 Å². The molecule has 2 amide bonds. The Morgan fingerprint density at radius 1 is 1.10 bits per heavy atom. The number of nitrogens with zero attached hydrogens (tertiary/aromatic N) is 1. The van der Waals surface area contributed by atoms with Gasteiger partial charge in [-0.2, -0.15) is 0 Å². The molecule has 2 aromatic rings. The van der Waals surface area contributed by atoms with Crippen LogP contribution in [0.2, 0.25) is 0 Å². The maximum Gasteiger partial charge on any atom is 0.315 e. The van der Waals surface area contributed by atoms with Gasteiger partial charge in [0.1, 0.15) is 11.6 Å². The number of urea groups is 1. The van der Waals surface area contributed by atoms with E-state index in [9.17, 15) is 9.18 Å². The standard InChI is InChI=1S/C23H30FN3O3/c1-16-14-27(15-17(2)30-16)22-9-6-19(12-21(22)24)13-26-23(28)25-11-10-18-4-7-20(29-3)8-5-18/h4-9,12,16-17H,10-11,13-15H2,1-3H3,(H2,25,26,28). The number of rotatable bonds is 7. The van der Waals surface area contributed by atoms with Crippen LogP contribution in [0.5, 0.6) is 5.75 Å². The third-order valence-corrected chi connectivity index (χ3v) is 5.08. The minimum Gasteiger partial charge on any atom is -0.497 e. The highest BCUT2D eigenvalue weighted by atomic mass is 19.1. The second-order valence-electron chi connectivity index (χ2n) is 7.66. The molecule has 3 rings (SSSR count). The first kappa shape index (κ1) is 21.9. The number of methoxy groups -OCH3 is 1. The van der Waals surface area contributed by atoms with E-state index in [-0.39, 0.29) is 30.6 Å². The molecule has 1 heterocycles. The molecule has 2 aromatic carbocycles. The quantitative estimate of drug-likeness (QED) is 0.727. The molecule has 1 fully saturated rings. The lowest BCUT2D eigenvalue weighted by Crippen LogP contribution is -2.45. The number of benzene rings is 2. The fourth-order valence-electron chi connectivity index (χ4n) is 3.65. The van der Waals surface area contributed by atoms with Gasteiger partial charge in [0.2, 0.25) is 0 Å². The predicted octanol–water partition coefficient (Wildman–Crippen LogP) is 3.49. The van der Waals surface area contributed by atoms with Gasteiger partial charge in [-0.15, -0.1) is 0 Å². The van der Waals surface area contributed by atoms with Crippen LogP contribution in [-0.4, -0.2) is 45.0 Å². The van der Waals surface area contributed by atoms with E-state index in [0.29, 0.717) is 25.3 Å². The Morgan fingerprint density at radius 2 is 1.77 bits per heavy atom. The maximum absolute atomic E-state index is 14.6. The maximum atomic E-state index is 14.6. The Kier molecular flexibility index (Phi) is 7.52. The highest BCUT2D eigenvalue weighted by Crippen LogP contribution is 2.24. The lowest BCUT2D eigenvalue weighted by atomic mass is 10.1. The number of hydrogen-bond acceptors (Lipinski definition) is 4. The highest BCUT2D eigenvalue weighted by Gasteiger charge is 2.24. The molecule has 2 N–H and O–H groups in total. The zero-order valence-electron chi connectivity index (χ0n) is 17.8. The van der Waals surface area contributed by atoms with Gasteiger partial charge in [-0.05, 0) is 55.7 Å². The SMILES string of the molecule is COc1ccc(CCNC(=O)NCc2ccc(N3CC(C)OC(C)C3)c(F)c2)cc1. The summed E-state index contributed by atoms with van der Waals surface area (Å²) >= 11 is 0. The van der Waals surface area contributed by atoms with Crippen LogP contribution in [0, 0.1) is 5.82 Å². The largest absolute Gasteiger partial charge is 0.497 e. The summed E-state index contributed by atoms with van der Waals surface area (Å²) in [5.74, 6) is 0.524. The molecular formula is C23H30FN3O3. The fourth-order valence-corrected chi connectivity index (χ4v) is 3.65. The summed E-state index contributed by atoms with van der Waals surface area (Å²) in [7, 11) is 1.63. The van der Waals surface area contributed by atoms with Crippen LogP contribution in [0.4, 0.5) is 14.9 Å². The predicted molar refractivity (Wildman–Crippen MR) is 116 cm³/mol. The average Bonchev–Trinajstić information content (AvgIpc) is 2.72. The van der Waals surface area contributed by atoms with E-state index in [0.717, 1.165) is 23.3 Å². The van der Waals surface area contributed by atoms with Gasteiger partial charge in [-0.25, -0.2) is 9.18 Å². The Hall–Kier alpha value is -2.80. The molecule has 0 radical (unpaired) electrons. The number of carbonyl (C=O) groups excluding carboxylic acids is 1. The summed E-state index contributed by atoms with van der Waals surface area (Å²) in [4.78, 5) is 14.0. The molecule has 1 aliphatic rings. The first-order chi connectivity index (χ1) is 14.4. The molecule has 7 heteroatoms. The van der Waals surface area contributed by atoms with Crippen LogP contribution in [0.25, 0.3) is 0 Å². The molecule has 2 unspecified atom stereocenters. The Morgan fingerprint density at radius 3 is 2.40 bits per heavy atom. The van der Waals surface area contributed by atoms with Gasteiger partial charge in [0, 0.05) is 26.2 Å². The van der Waals surface area contributed by atoms with Crippen molar-refractivity contribution < 1.29 is 18.7 Å². The van der Waals surface area contributed by atoms with E-state index in [1.807, 2.05) is 49.1 Å². The Bertz CT molecular complexity index is 834. The second-order valence-corrected chi connectivity index (χ2v) is 7.66. The van der Waals surface area contributed by atoms with Crippen molar-refractivity contribution in [2.45, 2.75) is 39.0 Å². The van der Waals surface area contributed by atoms with Gasteiger partial charge >= 0.3 is 6.03 Å². The molecule has 6 nitrogen and oxygen atoms in total. The van der Waals surface area contributed by atoms with Crippen molar-refractivity contribution in [1.82, 2.24) is 10.6 Å². The van der Waals surface area contributed by atoms with Crippen molar-refractivity contribution in [2.24, 2.45) is 0 Å². The van der Waals surface area contributed by atoms with Gasteiger partial charge < -0.3 is 25.0 Å². The monoisotopic (exact) mass is 415 g/mol. The molecular weight excluding hydrogens is 385 g/mol. The normalized spacial score (nSPS) is 18.7. The molecule has 30 heavy (non-hydrogen) atoms. The number of anilines is 1. The van der Waals surface area contributed by atoms with E-state index in [1.165, 1.54) is 6.07 Å². The van der Waals surface area contributed by atoms with Gasteiger partial charge in [0.25, 0.3) is 0 Å². The highest BCUT2D eigenvalue weighted by molar-refractivity contribution is 5.73. The number of amides is 2. The second kappa shape index (κ2) is 10.3. The molecule has 0 bridgehead atoms. The van der Waals surface area contributed by atoms with Gasteiger partial charge in [0.05, 0.1) is 25.0 Å². The van der Waals surface area contributed by atoms with Crippen LogP contribution in [-0.2, 0) is 17.7 Å². The number of halogens is 1. The molecule has 1 saturated heterocycles. The fraction of sp³-hybridized carbons (Fsp3) is 0.435. The number of morpholine rings is 1. The van der Waals surface area contributed by atoms with Crippen molar-refractivity contribution >= 4 is 11.7 Å². The summed E-state index contributed by atoms with van der Waals surface area (Å²) in [5, 5.41) is 5.59. The van der Waals surface area contributed by atoms with Gasteiger partial charge in [-0.1, -0.05) is 18.2 Å². The molecule has 0 spiro atoms. The minimum atomic E-state index is -0.282. The van der Waals surface area contributed by atoms with Crippen LogP contribution in [0.3, 0.4) is 0 Å². The van der Waals surface area contributed by atoms with Crippen molar-refractivity contribution in [3.8, 4) is 5.75 Å². The van der Waals surface area contributed by atoms with Gasteiger partial charge in [0.15, 0.2) is 0 Å². The zero-order chi connectivity index (χ0) is 21.5. The van der Waals surface area contributed by atoms with E-state index in [2.05, 4.69) is 10.6 Å². The first-order valence-electron chi connectivity index (χ1n) is 10.3. The Labute approximate surface area is 177 Å². The summed E-state index contributed by atoms with van der Waals surface area (Å²) in [6, 6.07) is 12.6. The van der Waals surface area contributed by atoms with Crippen LogP contribution in [0.1, 0.15) is 25.0 Å². The molecule has 2 atom stereocenters. The van der Waals surface area contributed by atoms with Crippen molar-refractivity contribution in [3.63, 3.8) is 0 Å². The topological polar surface area (TPSA) is 62.8 Å². The summed E-state index contributed by atoms with van der Waals surface area (Å²) in [6.45, 7) is 6.09. The molecule has 0 saturated carbocycles. The minimum absolute atomic E-state index is 0.0658. The number of carbonyl (C=O) groups is 1. The van der Waals surface area contributed by atoms with Crippen molar-refractivity contribution in [1.29, 1.82) is 0 Å². The number of ether oxygens (including phenoxy) is 2. The van der Waals surface area contributed by atoms with Crippen molar-refractivity contribution in [2.75, 3.05) is 31.6 Å². The first-order valence-corrected chi connectivity index (χ1v) is 10.3. The van der Waals surface area contributed by atoms with E-state index >= 15 is 0 Å². The van der Waals surface area contributed by atoms with Crippen LogP contribution >= 0.6 is 0 Å². The molecule has 162 valence electrons. The van der Waals surface area contributed by atoms with Gasteiger partial charge in [-0.3, -0.25) is 0 Å². The molecule has 0 aromatic heterocycles. The van der Waals surface area contributed by atoms with Crippen molar-refractivity contribution in [3.05, 3.63) is 59.4 Å².